The Morgan fingerprint density at radius 3 is 2.50 bits per heavy atom. The van der Waals surface area contributed by atoms with Crippen LogP contribution in [-0.2, 0) is 0 Å². The van der Waals surface area contributed by atoms with Crippen LogP contribution in [0.15, 0.2) is 36.5 Å². The Kier molecular flexibility index (Phi) is 4.01. The van der Waals surface area contributed by atoms with Gasteiger partial charge in [0.25, 0.3) is 0 Å². The van der Waals surface area contributed by atoms with E-state index in [0.717, 1.165) is 0 Å². The molecule has 1 aromatic heterocycles. The summed E-state index contributed by atoms with van der Waals surface area (Å²) in [6.45, 7) is 0. The van der Waals surface area contributed by atoms with Crippen LogP contribution in [0.3, 0.4) is 0 Å². The molecular formula is C12H8Cl2N2OS. The monoisotopic (exact) mass is 298 g/mol. The summed E-state index contributed by atoms with van der Waals surface area (Å²) in [6, 6.07) is 8.34. The molecule has 18 heavy (non-hydrogen) atoms. The number of hydrogen-bond donors (Lipinski definition) is 1. The standard InChI is InChI=1S/C12H8Cl2N2OS/c13-7-4-8(14)6-9(5-7)17-12-10(11(15)18)2-1-3-16-12/h1-6H,(H2,15,18). The van der Waals surface area contributed by atoms with E-state index in [1.165, 1.54) is 0 Å². The third-order valence-corrected chi connectivity index (χ3v) is 2.74. The Morgan fingerprint density at radius 1 is 1.22 bits per heavy atom. The molecule has 0 amide bonds. The van der Waals surface area contributed by atoms with Crippen LogP contribution in [0, 0.1) is 0 Å². The second-order valence-corrected chi connectivity index (χ2v) is 4.74. The summed E-state index contributed by atoms with van der Waals surface area (Å²) in [5.74, 6) is 0.798. The van der Waals surface area contributed by atoms with Gasteiger partial charge in [-0.05, 0) is 30.3 Å². The van der Waals surface area contributed by atoms with Crippen molar-refractivity contribution in [2.45, 2.75) is 0 Å². The van der Waals surface area contributed by atoms with E-state index >= 15 is 0 Å². The van der Waals surface area contributed by atoms with Crippen molar-refractivity contribution in [1.82, 2.24) is 4.98 Å². The van der Waals surface area contributed by atoms with Gasteiger partial charge in [0.2, 0.25) is 5.88 Å². The van der Waals surface area contributed by atoms with Gasteiger partial charge in [0.1, 0.15) is 10.7 Å². The van der Waals surface area contributed by atoms with E-state index in [9.17, 15) is 0 Å². The van der Waals surface area contributed by atoms with Crippen LogP contribution >= 0.6 is 35.4 Å². The second-order valence-electron chi connectivity index (χ2n) is 3.43. The Labute approximate surface area is 119 Å². The van der Waals surface area contributed by atoms with Crippen molar-refractivity contribution in [2.75, 3.05) is 0 Å². The minimum Gasteiger partial charge on any atom is -0.438 e. The second kappa shape index (κ2) is 5.52. The van der Waals surface area contributed by atoms with Crippen molar-refractivity contribution in [1.29, 1.82) is 0 Å². The topological polar surface area (TPSA) is 48.1 Å². The zero-order valence-electron chi connectivity index (χ0n) is 9.06. The summed E-state index contributed by atoms with van der Waals surface area (Å²) in [6.07, 6.45) is 1.59. The highest BCUT2D eigenvalue weighted by atomic mass is 35.5. The van der Waals surface area contributed by atoms with E-state index in [-0.39, 0.29) is 4.99 Å². The first-order valence-corrected chi connectivity index (χ1v) is 6.11. The highest BCUT2D eigenvalue weighted by molar-refractivity contribution is 7.80. The van der Waals surface area contributed by atoms with Crippen LogP contribution in [0.25, 0.3) is 0 Å². The van der Waals surface area contributed by atoms with Gasteiger partial charge < -0.3 is 10.5 Å². The number of aromatic nitrogens is 1. The van der Waals surface area contributed by atoms with Crippen LogP contribution in [0.1, 0.15) is 5.56 Å². The van der Waals surface area contributed by atoms with Crippen molar-refractivity contribution < 1.29 is 4.74 Å². The van der Waals surface area contributed by atoms with Gasteiger partial charge >= 0.3 is 0 Å². The molecular weight excluding hydrogens is 291 g/mol. The molecule has 0 spiro atoms. The van der Waals surface area contributed by atoms with E-state index in [4.69, 9.17) is 45.9 Å². The maximum absolute atomic E-state index is 5.88. The predicted octanol–water partition coefficient (Wildman–Crippen LogP) is 3.81. The summed E-state index contributed by atoms with van der Waals surface area (Å²) >= 11 is 16.7. The molecule has 0 aliphatic heterocycles. The van der Waals surface area contributed by atoms with Crippen LogP contribution in [0.2, 0.25) is 10.0 Å². The van der Waals surface area contributed by atoms with E-state index in [1.807, 2.05) is 0 Å². The minimum atomic E-state index is 0.214. The predicted molar refractivity (Wildman–Crippen MR) is 76.7 cm³/mol. The van der Waals surface area contributed by atoms with Gasteiger partial charge in [-0.3, -0.25) is 0 Å². The molecule has 1 aromatic carbocycles. The lowest BCUT2D eigenvalue weighted by Gasteiger charge is -2.09. The molecule has 0 radical (unpaired) electrons. The number of hydrogen-bond acceptors (Lipinski definition) is 3. The Morgan fingerprint density at radius 2 is 1.89 bits per heavy atom. The largest absolute Gasteiger partial charge is 0.438 e. The van der Waals surface area contributed by atoms with Crippen molar-refractivity contribution in [2.24, 2.45) is 5.73 Å². The maximum atomic E-state index is 5.88. The quantitative estimate of drug-likeness (QED) is 0.875. The molecule has 0 bridgehead atoms. The fourth-order valence-corrected chi connectivity index (χ4v) is 2.02. The summed E-state index contributed by atoms with van der Waals surface area (Å²) in [5, 5.41) is 0.954. The fraction of sp³-hybridized carbons (Fsp3) is 0. The maximum Gasteiger partial charge on any atom is 0.229 e. The normalized spacial score (nSPS) is 10.1. The van der Waals surface area contributed by atoms with Gasteiger partial charge in [0.15, 0.2) is 0 Å². The molecule has 3 nitrogen and oxygen atoms in total. The molecule has 0 saturated carbocycles. The molecule has 0 unspecified atom stereocenters. The Bertz CT molecular complexity index is 584. The molecule has 0 fully saturated rings. The molecule has 2 aromatic rings. The van der Waals surface area contributed by atoms with E-state index in [2.05, 4.69) is 4.98 Å². The molecule has 1 heterocycles. The zero-order valence-corrected chi connectivity index (χ0v) is 11.4. The van der Waals surface area contributed by atoms with Crippen LogP contribution in [0.4, 0.5) is 0 Å². The number of pyridine rings is 1. The first-order chi connectivity index (χ1) is 8.56. The number of halogens is 2. The van der Waals surface area contributed by atoms with Gasteiger partial charge in [-0.1, -0.05) is 35.4 Å². The molecule has 6 heteroatoms. The number of nitrogens with two attached hydrogens (primary N) is 1. The van der Waals surface area contributed by atoms with Crippen LogP contribution < -0.4 is 10.5 Å². The lowest BCUT2D eigenvalue weighted by Crippen LogP contribution is -2.11. The van der Waals surface area contributed by atoms with Crippen molar-refractivity contribution in [3.63, 3.8) is 0 Å². The van der Waals surface area contributed by atoms with Crippen LogP contribution in [-0.4, -0.2) is 9.97 Å². The molecule has 2 N–H and O–H groups in total. The van der Waals surface area contributed by atoms with Gasteiger partial charge in [0, 0.05) is 16.2 Å². The average Bonchev–Trinajstić information content (AvgIpc) is 2.27. The summed E-state index contributed by atoms with van der Waals surface area (Å²) in [4.78, 5) is 4.29. The SMILES string of the molecule is NC(=S)c1cccnc1Oc1cc(Cl)cc(Cl)c1. The average molecular weight is 299 g/mol. The number of ether oxygens (including phenoxy) is 1. The fourth-order valence-electron chi connectivity index (χ4n) is 1.36. The third-order valence-electron chi connectivity index (χ3n) is 2.09. The highest BCUT2D eigenvalue weighted by Crippen LogP contribution is 2.28. The molecule has 92 valence electrons. The Balaban J connectivity index is 2.37. The van der Waals surface area contributed by atoms with Gasteiger partial charge in [-0.2, -0.15) is 0 Å². The summed E-state index contributed by atoms with van der Waals surface area (Å²) in [7, 11) is 0. The first-order valence-electron chi connectivity index (χ1n) is 4.95. The van der Waals surface area contributed by atoms with Crippen molar-refractivity contribution in [3.05, 3.63) is 52.1 Å². The number of nitrogens with zero attached hydrogens (tertiary/aromatic N) is 1. The van der Waals surface area contributed by atoms with Gasteiger partial charge in [-0.15, -0.1) is 0 Å². The lowest BCUT2D eigenvalue weighted by atomic mass is 10.2. The van der Waals surface area contributed by atoms with E-state index in [0.29, 0.717) is 27.2 Å². The summed E-state index contributed by atoms with van der Waals surface area (Å²) in [5.41, 5.74) is 6.15. The van der Waals surface area contributed by atoms with Crippen molar-refractivity contribution in [3.8, 4) is 11.6 Å². The summed E-state index contributed by atoms with van der Waals surface area (Å²) < 4.78 is 5.58. The first kappa shape index (κ1) is 13.1. The number of thiocarbonyl (C=S) groups is 1. The molecule has 0 aliphatic rings. The molecule has 2 rings (SSSR count). The number of rotatable bonds is 3. The molecule has 0 atom stereocenters. The lowest BCUT2D eigenvalue weighted by molar-refractivity contribution is 0.462. The number of benzene rings is 1. The highest BCUT2D eigenvalue weighted by Gasteiger charge is 2.09. The minimum absolute atomic E-state index is 0.214. The van der Waals surface area contributed by atoms with Gasteiger partial charge in [0.05, 0.1) is 5.56 Å². The van der Waals surface area contributed by atoms with Crippen LogP contribution in [0.5, 0.6) is 11.6 Å². The molecule has 0 saturated heterocycles. The van der Waals surface area contributed by atoms with E-state index < -0.39 is 0 Å². The Hall–Kier alpha value is -1.36. The third kappa shape index (κ3) is 3.10. The van der Waals surface area contributed by atoms with Gasteiger partial charge in [-0.25, -0.2) is 4.98 Å². The van der Waals surface area contributed by atoms with E-state index in [1.54, 1.807) is 36.5 Å². The zero-order chi connectivity index (χ0) is 13.1. The molecule has 0 aliphatic carbocycles. The van der Waals surface area contributed by atoms with Crippen molar-refractivity contribution >= 4 is 40.4 Å². The smallest absolute Gasteiger partial charge is 0.229 e.